The molecule has 0 spiro atoms. The van der Waals surface area contributed by atoms with Crippen molar-refractivity contribution in [1.82, 2.24) is 5.32 Å². The molecule has 0 bridgehead atoms. The molecule has 3 N–H and O–H groups in total. The summed E-state index contributed by atoms with van der Waals surface area (Å²) in [5.41, 5.74) is 6.42. The van der Waals surface area contributed by atoms with Crippen LogP contribution in [-0.2, 0) is 4.79 Å². The topological polar surface area (TPSA) is 55.1 Å². The van der Waals surface area contributed by atoms with Crippen molar-refractivity contribution < 1.29 is 4.79 Å². The fourth-order valence-electron chi connectivity index (χ4n) is 2.08. The second kappa shape index (κ2) is 4.39. The maximum absolute atomic E-state index is 12.1. The van der Waals surface area contributed by atoms with Crippen molar-refractivity contribution in [3.8, 4) is 0 Å². The second-order valence-electron chi connectivity index (χ2n) is 6.34. The van der Waals surface area contributed by atoms with Gasteiger partial charge in [0.15, 0.2) is 0 Å². The van der Waals surface area contributed by atoms with E-state index in [-0.39, 0.29) is 17.4 Å². The van der Waals surface area contributed by atoms with Crippen LogP contribution in [0.5, 0.6) is 0 Å². The lowest BCUT2D eigenvalue weighted by Gasteiger charge is -2.32. The van der Waals surface area contributed by atoms with E-state index in [0.29, 0.717) is 0 Å². The number of rotatable bonds is 3. The van der Waals surface area contributed by atoms with Gasteiger partial charge in [-0.15, -0.1) is 0 Å². The van der Waals surface area contributed by atoms with Crippen LogP contribution in [0.1, 0.15) is 45.2 Å². The van der Waals surface area contributed by atoms with Gasteiger partial charge in [-0.2, -0.15) is 0 Å². The summed E-state index contributed by atoms with van der Waals surface area (Å²) in [7, 11) is 0. The minimum absolute atomic E-state index is 0.00720. The van der Waals surface area contributed by atoms with E-state index < -0.39 is 5.54 Å². The zero-order chi connectivity index (χ0) is 13.4. The number of amides is 1. The van der Waals surface area contributed by atoms with E-state index in [4.69, 9.17) is 5.73 Å². The molecule has 1 amide bonds. The molecule has 18 heavy (non-hydrogen) atoms. The molecular weight excluding hydrogens is 224 g/mol. The van der Waals surface area contributed by atoms with Gasteiger partial charge < -0.3 is 11.1 Å². The van der Waals surface area contributed by atoms with Crippen LogP contribution in [0.15, 0.2) is 30.3 Å². The van der Waals surface area contributed by atoms with E-state index in [1.165, 1.54) is 0 Å². The van der Waals surface area contributed by atoms with E-state index >= 15 is 0 Å². The molecule has 1 aliphatic carbocycles. The molecule has 3 nitrogen and oxygen atoms in total. The Balaban J connectivity index is 2.19. The average Bonchev–Trinajstić information content (AvgIpc) is 3.05. The number of hydrogen-bond acceptors (Lipinski definition) is 2. The first-order valence-corrected chi connectivity index (χ1v) is 6.48. The Morgan fingerprint density at radius 2 is 1.83 bits per heavy atom. The molecule has 1 unspecified atom stereocenters. The van der Waals surface area contributed by atoms with Crippen LogP contribution >= 0.6 is 0 Å². The Kier molecular flexibility index (Phi) is 3.20. The summed E-state index contributed by atoms with van der Waals surface area (Å²) in [6, 6.07) is 10.1. The Hall–Kier alpha value is -1.35. The van der Waals surface area contributed by atoms with Gasteiger partial charge in [-0.1, -0.05) is 51.1 Å². The smallest absolute Gasteiger partial charge is 0.240 e. The quantitative estimate of drug-likeness (QED) is 0.860. The van der Waals surface area contributed by atoms with Crippen LogP contribution in [-0.4, -0.2) is 11.4 Å². The van der Waals surface area contributed by atoms with Crippen LogP contribution in [0.2, 0.25) is 0 Å². The number of benzene rings is 1. The molecule has 1 saturated carbocycles. The molecule has 1 fully saturated rings. The van der Waals surface area contributed by atoms with Crippen molar-refractivity contribution in [3.05, 3.63) is 35.9 Å². The van der Waals surface area contributed by atoms with E-state index in [9.17, 15) is 4.79 Å². The summed E-state index contributed by atoms with van der Waals surface area (Å²) >= 11 is 0. The number of nitrogens with one attached hydrogen (secondary N) is 1. The summed E-state index contributed by atoms with van der Waals surface area (Å²) in [6.07, 6.45) is 1.59. The summed E-state index contributed by atoms with van der Waals surface area (Å²) in [4.78, 5) is 12.1. The predicted molar refractivity (Wildman–Crippen MR) is 72.9 cm³/mol. The van der Waals surface area contributed by atoms with Gasteiger partial charge in [-0.25, -0.2) is 0 Å². The fraction of sp³-hybridized carbons (Fsp3) is 0.533. The average molecular weight is 246 g/mol. The summed E-state index contributed by atoms with van der Waals surface area (Å²) in [5.74, 6) is -0.0220. The molecule has 0 saturated heterocycles. The molecule has 98 valence electrons. The lowest BCUT2D eigenvalue weighted by Crippen LogP contribution is -2.47. The molecule has 0 radical (unpaired) electrons. The van der Waals surface area contributed by atoms with E-state index in [1.54, 1.807) is 0 Å². The first-order valence-electron chi connectivity index (χ1n) is 6.48. The molecule has 1 aromatic rings. The van der Waals surface area contributed by atoms with Gasteiger partial charge in [0, 0.05) is 0 Å². The largest absolute Gasteiger partial charge is 0.347 e. The third-order valence-electron chi connectivity index (χ3n) is 3.52. The molecule has 1 atom stereocenters. The molecule has 3 heteroatoms. The van der Waals surface area contributed by atoms with Gasteiger partial charge in [0.25, 0.3) is 0 Å². The first kappa shape index (κ1) is 13.1. The van der Waals surface area contributed by atoms with Gasteiger partial charge in [0.1, 0.15) is 0 Å². The Bertz CT molecular complexity index is 430. The van der Waals surface area contributed by atoms with Crippen LogP contribution in [0.25, 0.3) is 0 Å². The Labute approximate surface area is 109 Å². The minimum Gasteiger partial charge on any atom is -0.347 e. The SMILES string of the molecule is CC(C)(C)C(NC(=O)C1(N)CC1)c1ccccc1. The maximum atomic E-state index is 12.1. The monoisotopic (exact) mass is 246 g/mol. The lowest BCUT2D eigenvalue weighted by atomic mass is 9.82. The minimum atomic E-state index is -0.613. The third kappa shape index (κ3) is 2.72. The Morgan fingerprint density at radius 1 is 1.28 bits per heavy atom. The molecule has 0 aromatic heterocycles. The molecular formula is C15H22N2O. The van der Waals surface area contributed by atoms with Crippen LogP contribution in [0.3, 0.4) is 0 Å². The maximum Gasteiger partial charge on any atom is 0.240 e. The highest BCUT2D eigenvalue weighted by molar-refractivity contribution is 5.89. The number of carbonyl (C=O) groups excluding carboxylic acids is 1. The van der Waals surface area contributed by atoms with Crippen molar-refractivity contribution in [2.45, 2.75) is 45.2 Å². The first-order chi connectivity index (χ1) is 8.33. The Morgan fingerprint density at radius 3 is 2.28 bits per heavy atom. The highest BCUT2D eigenvalue weighted by atomic mass is 16.2. The van der Waals surface area contributed by atoms with Crippen molar-refractivity contribution in [3.63, 3.8) is 0 Å². The van der Waals surface area contributed by atoms with E-state index in [2.05, 4.69) is 26.1 Å². The van der Waals surface area contributed by atoms with Gasteiger partial charge in [-0.05, 0) is 23.8 Å². The number of carbonyl (C=O) groups is 1. The summed E-state index contributed by atoms with van der Waals surface area (Å²) < 4.78 is 0. The van der Waals surface area contributed by atoms with E-state index in [0.717, 1.165) is 18.4 Å². The van der Waals surface area contributed by atoms with Crippen LogP contribution in [0.4, 0.5) is 0 Å². The lowest BCUT2D eigenvalue weighted by molar-refractivity contribution is -0.124. The highest BCUT2D eigenvalue weighted by Crippen LogP contribution is 2.36. The summed E-state index contributed by atoms with van der Waals surface area (Å²) in [5, 5.41) is 3.11. The zero-order valence-corrected chi connectivity index (χ0v) is 11.4. The molecule has 2 rings (SSSR count). The van der Waals surface area contributed by atoms with Crippen LogP contribution in [0, 0.1) is 5.41 Å². The predicted octanol–water partition coefficient (Wildman–Crippen LogP) is 2.38. The van der Waals surface area contributed by atoms with Crippen molar-refractivity contribution in [2.24, 2.45) is 11.1 Å². The number of hydrogen-bond donors (Lipinski definition) is 2. The molecule has 0 heterocycles. The number of nitrogens with two attached hydrogens (primary N) is 1. The van der Waals surface area contributed by atoms with Crippen molar-refractivity contribution in [1.29, 1.82) is 0 Å². The van der Waals surface area contributed by atoms with Crippen molar-refractivity contribution in [2.75, 3.05) is 0 Å². The second-order valence-corrected chi connectivity index (χ2v) is 6.34. The molecule has 0 aliphatic heterocycles. The van der Waals surface area contributed by atoms with E-state index in [1.807, 2.05) is 30.3 Å². The normalized spacial score (nSPS) is 19.1. The van der Waals surface area contributed by atoms with Gasteiger partial charge in [0.05, 0.1) is 11.6 Å². The fourth-order valence-corrected chi connectivity index (χ4v) is 2.08. The standard InChI is InChI=1S/C15H22N2O/c1-14(2,3)12(11-7-5-4-6-8-11)17-13(18)15(16)9-10-15/h4-8,12H,9-10,16H2,1-3H3,(H,17,18). The van der Waals surface area contributed by atoms with Gasteiger partial charge in [-0.3, -0.25) is 4.79 Å². The van der Waals surface area contributed by atoms with Gasteiger partial charge in [0.2, 0.25) is 5.91 Å². The third-order valence-corrected chi connectivity index (χ3v) is 3.52. The molecule has 1 aliphatic rings. The van der Waals surface area contributed by atoms with Gasteiger partial charge >= 0.3 is 0 Å². The van der Waals surface area contributed by atoms with Crippen LogP contribution < -0.4 is 11.1 Å². The molecule has 1 aromatic carbocycles. The van der Waals surface area contributed by atoms with Crippen molar-refractivity contribution >= 4 is 5.91 Å². The zero-order valence-electron chi connectivity index (χ0n) is 11.4. The highest BCUT2D eigenvalue weighted by Gasteiger charge is 2.47. The summed E-state index contributed by atoms with van der Waals surface area (Å²) in [6.45, 7) is 6.38.